The minimum atomic E-state index is 0.868. The van der Waals surface area contributed by atoms with E-state index in [1.54, 1.807) is 0 Å². The Balaban J connectivity index is 1.79. The Morgan fingerprint density at radius 1 is 1.26 bits per heavy atom. The van der Waals surface area contributed by atoms with Crippen molar-refractivity contribution in [2.75, 3.05) is 6.54 Å². The predicted molar refractivity (Wildman–Crippen MR) is 79.8 cm³/mol. The number of hydrogen-bond donors (Lipinski definition) is 1. The molecular weight excluding hydrogens is 234 g/mol. The van der Waals surface area contributed by atoms with Crippen molar-refractivity contribution in [3.05, 3.63) is 59.4 Å². The smallest absolute Gasteiger partial charge is 0.0666 e. The second-order valence-corrected chi connectivity index (χ2v) is 4.57. The van der Waals surface area contributed by atoms with E-state index in [0.717, 1.165) is 19.5 Å². The number of nitrogens with one attached hydrogen (secondary N) is 1. The highest BCUT2D eigenvalue weighted by atomic mass is 15.3. The second kappa shape index (κ2) is 6.90. The zero-order valence-corrected chi connectivity index (χ0v) is 11.6. The topological polar surface area (TPSA) is 29.9 Å². The molecule has 0 atom stereocenters. The summed E-state index contributed by atoms with van der Waals surface area (Å²) < 4.78 is 1.88. The third-order valence-corrected chi connectivity index (χ3v) is 3.01. The summed E-state index contributed by atoms with van der Waals surface area (Å²) in [7, 11) is 1.97. The van der Waals surface area contributed by atoms with Gasteiger partial charge in [0.1, 0.15) is 0 Å². The molecule has 0 unspecified atom stereocenters. The maximum atomic E-state index is 4.43. The lowest BCUT2D eigenvalue weighted by atomic mass is 10.2. The molecule has 0 bridgehead atoms. The molecular formula is C16H21N3. The molecule has 3 nitrogen and oxygen atoms in total. The van der Waals surface area contributed by atoms with Gasteiger partial charge in [-0.05, 0) is 12.0 Å². The van der Waals surface area contributed by atoms with Crippen LogP contribution in [0.2, 0.25) is 0 Å². The monoisotopic (exact) mass is 255 g/mol. The van der Waals surface area contributed by atoms with E-state index in [-0.39, 0.29) is 0 Å². The van der Waals surface area contributed by atoms with Gasteiger partial charge in [-0.25, -0.2) is 0 Å². The average Bonchev–Trinajstić information content (AvgIpc) is 2.80. The van der Waals surface area contributed by atoms with Gasteiger partial charge in [0, 0.05) is 31.9 Å². The van der Waals surface area contributed by atoms with Crippen molar-refractivity contribution in [2.45, 2.75) is 19.9 Å². The lowest BCUT2D eigenvalue weighted by molar-refractivity contribution is 0.746. The van der Waals surface area contributed by atoms with E-state index in [1.807, 2.05) is 17.8 Å². The number of hydrogen-bond acceptors (Lipinski definition) is 2. The van der Waals surface area contributed by atoms with E-state index >= 15 is 0 Å². The van der Waals surface area contributed by atoms with Crippen LogP contribution in [-0.4, -0.2) is 16.3 Å². The zero-order chi connectivity index (χ0) is 13.5. The average molecular weight is 255 g/mol. The summed E-state index contributed by atoms with van der Waals surface area (Å²) in [5.74, 6) is 0. The molecule has 0 radical (unpaired) electrons. The summed E-state index contributed by atoms with van der Waals surface area (Å²) in [4.78, 5) is 0. The molecule has 1 aromatic heterocycles. The zero-order valence-electron chi connectivity index (χ0n) is 11.6. The molecule has 0 fully saturated rings. The molecule has 1 N–H and O–H groups in total. The van der Waals surface area contributed by atoms with Gasteiger partial charge in [0.15, 0.2) is 0 Å². The predicted octanol–water partition coefficient (Wildman–Crippen LogP) is 2.79. The van der Waals surface area contributed by atoms with Gasteiger partial charge < -0.3 is 5.32 Å². The fourth-order valence-corrected chi connectivity index (χ4v) is 2.08. The highest BCUT2D eigenvalue weighted by molar-refractivity contribution is 5.48. The third-order valence-electron chi connectivity index (χ3n) is 3.01. The number of rotatable bonds is 6. The number of aryl methyl sites for hydroxylation is 2. The molecule has 0 saturated carbocycles. The summed E-state index contributed by atoms with van der Waals surface area (Å²) in [5.41, 5.74) is 3.71. The Kier molecular flexibility index (Phi) is 4.93. The fourth-order valence-electron chi connectivity index (χ4n) is 2.08. The van der Waals surface area contributed by atoms with E-state index < -0.39 is 0 Å². The van der Waals surface area contributed by atoms with Crippen molar-refractivity contribution in [1.29, 1.82) is 0 Å². The van der Waals surface area contributed by atoms with Crippen LogP contribution < -0.4 is 5.32 Å². The number of nitrogens with zero attached hydrogens (tertiary/aromatic N) is 2. The van der Waals surface area contributed by atoms with Crippen LogP contribution in [0.5, 0.6) is 0 Å². The van der Waals surface area contributed by atoms with E-state index in [1.165, 1.54) is 16.8 Å². The largest absolute Gasteiger partial charge is 0.309 e. The molecule has 100 valence electrons. The Morgan fingerprint density at radius 2 is 2.05 bits per heavy atom. The number of benzene rings is 1. The Hall–Kier alpha value is -1.87. The van der Waals surface area contributed by atoms with Crippen LogP contribution >= 0.6 is 0 Å². The summed E-state index contributed by atoms with van der Waals surface area (Å²) in [5, 5.41) is 7.85. The van der Waals surface area contributed by atoms with Crippen molar-refractivity contribution in [3.8, 4) is 0 Å². The number of aromatic nitrogens is 2. The first-order valence-corrected chi connectivity index (χ1v) is 6.73. The molecule has 2 rings (SSSR count). The summed E-state index contributed by atoms with van der Waals surface area (Å²) in [6.45, 7) is 3.88. The van der Waals surface area contributed by atoms with Gasteiger partial charge in [0.05, 0.1) is 5.69 Å². The molecule has 1 aromatic carbocycles. The first kappa shape index (κ1) is 13.6. The molecule has 0 spiro atoms. The van der Waals surface area contributed by atoms with Crippen LogP contribution in [0.1, 0.15) is 23.7 Å². The van der Waals surface area contributed by atoms with Gasteiger partial charge >= 0.3 is 0 Å². The molecule has 0 aliphatic carbocycles. The first-order chi connectivity index (χ1) is 9.29. The SMILES string of the molecule is CCc1nn(C)cc1CNC/C=C/c1ccccc1. The summed E-state index contributed by atoms with van der Waals surface area (Å²) >= 11 is 0. The van der Waals surface area contributed by atoms with Crippen LogP contribution in [0.15, 0.2) is 42.6 Å². The Bertz CT molecular complexity index is 526. The summed E-state index contributed by atoms with van der Waals surface area (Å²) in [6, 6.07) is 10.3. The van der Waals surface area contributed by atoms with Crippen molar-refractivity contribution in [2.24, 2.45) is 7.05 Å². The normalized spacial score (nSPS) is 11.3. The first-order valence-electron chi connectivity index (χ1n) is 6.73. The standard InChI is InChI=1S/C16H21N3/c1-3-16-15(13-19(2)18-16)12-17-11-7-10-14-8-5-4-6-9-14/h4-10,13,17H,3,11-12H2,1-2H3/b10-7+. The van der Waals surface area contributed by atoms with E-state index in [2.05, 4.69) is 60.0 Å². The minimum Gasteiger partial charge on any atom is -0.309 e. The molecule has 19 heavy (non-hydrogen) atoms. The maximum absolute atomic E-state index is 4.43. The van der Waals surface area contributed by atoms with Crippen LogP contribution in [0.3, 0.4) is 0 Å². The quantitative estimate of drug-likeness (QED) is 0.804. The van der Waals surface area contributed by atoms with Crippen LogP contribution in [-0.2, 0) is 20.0 Å². The van der Waals surface area contributed by atoms with Crippen molar-refractivity contribution in [1.82, 2.24) is 15.1 Å². The molecule has 0 aliphatic heterocycles. The Morgan fingerprint density at radius 3 is 2.79 bits per heavy atom. The van der Waals surface area contributed by atoms with Gasteiger partial charge in [-0.15, -0.1) is 0 Å². The van der Waals surface area contributed by atoms with Gasteiger partial charge in [-0.3, -0.25) is 4.68 Å². The van der Waals surface area contributed by atoms with Crippen molar-refractivity contribution < 1.29 is 0 Å². The molecule has 0 aliphatic rings. The lowest BCUT2D eigenvalue weighted by Gasteiger charge is -2.00. The van der Waals surface area contributed by atoms with Crippen LogP contribution in [0.25, 0.3) is 6.08 Å². The van der Waals surface area contributed by atoms with E-state index in [9.17, 15) is 0 Å². The van der Waals surface area contributed by atoms with Crippen LogP contribution in [0.4, 0.5) is 0 Å². The van der Waals surface area contributed by atoms with Gasteiger partial charge in [-0.2, -0.15) is 5.10 Å². The van der Waals surface area contributed by atoms with Gasteiger partial charge in [0.2, 0.25) is 0 Å². The van der Waals surface area contributed by atoms with E-state index in [4.69, 9.17) is 0 Å². The van der Waals surface area contributed by atoms with Crippen molar-refractivity contribution >= 4 is 6.08 Å². The molecule has 0 amide bonds. The lowest BCUT2D eigenvalue weighted by Crippen LogP contribution is -2.13. The molecule has 1 heterocycles. The molecule has 0 saturated heterocycles. The van der Waals surface area contributed by atoms with Gasteiger partial charge in [0.25, 0.3) is 0 Å². The van der Waals surface area contributed by atoms with Crippen LogP contribution in [0, 0.1) is 0 Å². The van der Waals surface area contributed by atoms with E-state index in [0.29, 0.717) is 0 Å². The maximum Gasteiger partial charge on any atom is 0.0666 e. The fraction of sp³-hybridized carbons (Fsp3) is 0.312. The highest BCUT2D eigenvalue weighted by Gasteiger charge is 2.03. The second-order valence-electron chi connectivity index (χ2n) is 4.57. The summed E-state index contributed by atoms with van der Waals surface area (Å²) in [6.07, 6.45) is 7.36. The van der Waals surface area contributed by atoms with Gasteiger partial charge in [-0.1, -0.05) is 49.4 Å². The highest BCUT2D eigenvalue weighted by Crippen LogP contribution is 2.06. The molecule has 2 aromatic rings. The minimum absolute atomic E-state index is 0.868. The Labute approximate surface area is 115 Å². The van der Waals surface area contributed by atoms with Crippen molar-refractivity contribution in [3.63, 3.8) is 0 Å². The molecule has 3 heteroatoms. The third kappa shape index (κ3) is 4.07.